The fourth-order valence-corrected chi connectivity index (χ4v) is 2.58. The number of carbonyl (C=O) groups is 1. The van der Waals surface area contributed by atoms with Crippen LogP contribution in [0.4, 0.5) is 0 Å². The van der Waals surface area contributed by atoms with Crippen molar-refractivity contribution in [1.29, 1.82) is 0 Å². The van der Waals surface area contributed by atoms with Crippen molar-refractivity contribution >= 4 is 5.78 Å². The van der Waals surface area contributed by atoms with E-state index in [0.29, 0.717) is 17.7 Å². The molecule has 2 aromatic rings. The summed E-state index contributed by atoms with van der Waals surface area (Å²) in [4.78, 5) is 14.6. The third-order valence-electron chi connectivity index (χ3n) is 3.93. The minimum atomic E-state index is 0.0328. The van der Waals surface area contributed by atoms with Crippen LogP contribution in [0.2, 0.25) is 0 Å². The molecule has 23 heavy (non-hydrogen) atoms. The summed E-state index contributed by atoms with van der Waals surface area (Å²) in [5.41, 5.74) is 1.38. The summed E-state index contributed by atoms with van der Waals surface area (Å²) >= 11 is 0. The topological polar surface area (TPSA) is 38.8 Å². The zero-order chi connectivity index (χ0) is 15.9. The van der Waals surface area contributed by atoms with Crippen molar-refractivity contribution in [3.05, 3.63) is 65.7 Å². The van der Waals surface area contributed by atoms with Gasteiger partial charge in [-0.1, -0.05) is 30.3 Å². The molecule has 0 amide bonds. The smallest absolute Gasteiger partial charge is 0.193 e. The van der Waals surface area contributed by atoms with Gasteiger partial charge < -0.3 is 9.47 Å². The Balaban J connectivity index is 1.51. The molecule has 120 valence electrons. The quantitative estimate of drug-likeness (QED) is 0.769. The lowest BCUT2D eigenvalue weighted by Gasteiger charge is -2.26. The number of hydrogen-bond donors (Lipinski definition) is 0. The lowest BCUT2D eigenvalue weighted by atomic mass is 10.0. The first-order chi connectivity index (χ1) is 11.3. The molecule has 4 nitrogen and oxygen atoms in total. The van der Waals surface area contributed by atoms with Crippen LogP contribution in [-0.4, -0.2) is 50.1 Å². The molecule has 1 heterocycles. The Labute approximate surface area is 136 Å². The number of carbonyl (C=O) groups excluding carboxylic acids is 1. The first-order valence-electron chi connectivity index (χ1n) is 7.96. The largest absolute Gasteiger partial charge is 0.492 e. The molecule has 3 rings (SSSR count). The van der Waals surface area contributed by atoms with Gasteiger partial charge in [-0.2, -0.15) is 0 Å². The van der Waals surface area contributed by atoms with E-state index in [2.05, 4.69) is 4.90 Å². The molecule has 0 radical (unpaired) electrons. The van der Waals surface area contributed by atoms with Crippen molar-refractivity contribution in [2.24, 2.45) is 0 Å². The molecule has 2 aromatic carbocycles. The van der Waals surface area contributed by atoms with Crippen LogP contribution in [0.1, 0.15) is 15.9 Å². The molecule has 0 N–H and O–H groups in total. The summed E-state index contributed by atoms with van der Waals surface area (Å²) in [6, 6.07) is 16.7. The van der Waals surface area contributed by atoms with Gasteiger partial charge in [0, 0.05) is 30.8 Å². The van der Waals surface area contributed by atoms with Gasteiger partial charge in [-0.05, 0) is 24.3 Å². The number of morpholine rings is 1. The maximum Gasteiger partial charge on any atom is 0.193 e. The van der Waals surface area contributed by atoms with Crippen molar-refractivity contribution in [3.63, 3.8) is 0 Å². The van der Waals surface area contributed by atoms with E-state index in [1.54, 1.807) is 0 Å². The van der Waals surface area contributed by atoms with E-state index >= 15 is 0 Å². The van der Waals surface area contributed by atoms with E-state index in [1.807, 2.05) is 54.6 Å². The average Bonchev–Trinajstić information content (AvgIpc) is 2.63. The van der Waals surface area contributed by atoms with Crippen LogP contribution in [0, 0.1) is 0 Å². The fourth-order valence-electron chi connectivity index (χ4n) is 2.58. The summed E-state index contributed by atoms with van der Waals surface area (Å²) in [7, 11) is 0. The second-order valence-corrected chi connectivity index (χ2v) is 5.52. The Kier molecular flexibility index (Phi) is 5.40. The highest BCUT2D eigenvalue weighted by molar-refractivity contribution is 6.08. The molecular formula is C19H21NO3. The van der Waals surface area contributed by atoms with Crippen LogP contribution >= 0.6 is 0 Å². The molecule has 0 unspecified atom stereocenters. The van der Waals surface area contributed by atoms with E-state index in [1.165, 1.54) is 0 Å². The summed E-state index contributed by atoms with van der Waals surface area (Å²) < 4.78 is 11.1. The van der Waals surface area contributed by atoms with Crippen molar-refractivity contribution in [2.45, 2.75) is 0 Å². The van der Waals surface area contributed by atoms with Gasteiger partial charge in [-0.25, -0.2) is 0 Å². The number of nitrogens with zero attached hydrogens (tertiary/aromatic N) is 1. The minimum Gasteiger partial charge on any atom is -0.492 e. The van der Waals surface area contributed by atoms with Gasteiger partial charge in [-0.15, -0.1) is 0 Å². The maximum atomic E-state index is 12.3. The van der Waals surface area contributed by atoms with E-state index in [4.69, 9.17) is 9.47 Å². The van der Waals surface area contributed by atoms with E-state index in [9.17, 15) is 4.79 Å². The van der Waals surface area contributed by atoms with Crippen LogP contribution < -0.4 is 4.74 Å². The highest BCUT2D eigenvalue weighted by Gasteiger charge is 2.10. The second kappa shape index (κ2) is 7.90. The predicted octanol–water partition coefficient (Wildman–Crippen LogP) is 2.63. The van der Waals surface area contributed by atoms with Crippen molar-refractivity contribution < 1.29 is 14.3 Å². The monoisotopic (exact) mass is 311 g/mol. The third kappa shape index (κ3) is 4.41. The average molecular weight is 311 g/mol. The Morgan fingerprint density at radius 2 is 1.61 bits per heavy atom. The van der Waals surface area contributed by atoms with E-state index in [-0.39, 0.29) is 5.78 Å². The van der Waals surface area contributed by atoms with Crippen molar-refractivity contribution in [2.75, 3.05) is 39.5 Å². The molecule has 1 fully saturated rings. The Hall–Kier alpha value is -2.17. The highest BCUT2D eigenvalue weighted by atomic mass is 16.5. The summed E-state index contributed by atoms with van der Waals surface area (Å²) in [5, 5.41) is 0. The summed E-state index contributed by atoms with van der Waals surface area (Å²) in [6.07, 6.45) is 0. The predicted molar refractivity (Wildman–Crippen MR) is 89.1 cm³/mol. The number of ether oxygens (including phenoxy) is 2. The molecule has 0 aromatic heterocycles. The zero-order valence-electron chi connectivity index (χ0n) is 13.1. The summed E-state index contributed by atoms with van der Waals surface area (Å²) in [6.45, 7) is 5.08. The van der Waals surface area contributed by atoms with Crippen LogP contribution in [0.5, 0.6) is 5.75 Å². The molecular weight excluding hydrogens is 290 g/mol. The fraction of sp³-hybridized carbons (Fsp3) is 0.316. The maximum absolute atomic E-state index is 12.3. The van der Waals surface area contributed by atoms with Crippen LogP contribution in [0.15, 0.2) is 54.6 Å². The van der Waals surface area contributed by atoms with Gasteiger partial charge in [-0.3, -0.25) is 9.69 Å². The van der Waals surface area contributed by atoms with Gasteiger partial charge in [0.05, 0.1) is 13.2 Å². The standard InChI is InChI=1S/C19H21NO3/c21-19(16-4-2-1-3-5-16)17-6-8-18(9-7-17)23-15-12-20-10-13-22-14-11-20/h1-9H,10-15H2. The third-order valence-corrected chi connectivity index (χ3v) is 3.93. The van der Waals surface area contributed by atoms with Gasteiger partial charge in [0.25, 0.3) is 0 Å². The zero-order valence-corrected chi connectivity index (χ0v) is 13.1. The van der Waals surface area contributed by atoms with Gasteiger partial charge in [0.1, 0.15) is 12.4 Å². The van der Waals surface area contributed by atoms with E-state index in [0.717, 1.165) is 38.6 Å². The number of hydrogen-bond acceptors (Lipinski definition) is 4. The number of ketones is 1. The lowest BCUT2D eigenvalue weighted by molar-refractivity contribution is 0.0322. The SMILES string of the molecule is O=C(c1ccccc1)c1ccc(OCCN2CCOCC2)cc1. The van der Waals surface area contributed by atoms with E-state index < -0.39 is 0 Å². The normalized spacial score (nSPS) is 15.3. The molecule has 0 aliphatic carbocycles. The Bertz CT molecular complexity index is 619. The van der Waals surface area contributed by atoms with Crippen LogP contribution in [0.3, 0.4) is 0 Å². The van der Waals surface area contributed by atoms with Crippen LogP contribution in [0.25, 0.3) is 0 Å². The first-order valence-corrected chi connectivity index (χ1v) is 7.96. The molecule has 0 bridgehead atoms. The Morgan fingerprint density at radius 3 is 2.30 bits per heavy atom. The highest BCUT2D eigenvalue weighted by Crippen LogP contribution is 2.15. The van der Waals surface area contributed by atoms with Gasteiger partial charge in [0.15, 0.2) is 5.78 Å². The molecule has 1 saturated heterocycles. The molecule has 1 aliphatic heterocycles. The number of rotatable bonds is 6. The molecule has 0 saturated carbocycles. The lowest BCUT2D eigenvalue weighted by Crippen LogP contribution is -2.38. The number of benzene rings is 2. The second-order valence-electron chi connectivity index (χ2n) is 5.52. The van der Waals surface area contributed by atoms with Gasteiger partial charge >= 0.3 is 0 Å². The minimum absolute atomic E-state index is 0.0328. The van der Waals surface area contributed by atoms with Gasteiger partial charge in [0.2, 0.25) is 0 Å². The molecule has 4 heteroatoms. The summed E-state index contributed by atoms with van der Waals surface area (Å²) in [5.74, 6) is 0.827. The Morgan fingerprint density at radius 1 is 0.957 bits per heavy atom. The van der Waals surface area contributed by atoms with Crippen molar-refractivity contribution in [3.8, 4) is 5.75 Å². The molecule has 0 spiro atoms. The first kappa shape index (κ1) is 15.7. The van der Waals surface area contributed by atoms with Crippen molar-refractivity contribution in [1.82, 2.24) is 4.90 Å². The van der Waals surface area contributed by atoms with Crippen LogP contribution in [-0.2, 0) is 4.74 Å². The molecule has 1 aliphatic rings. The molecule has 0 atom stereocenters.